The number of nitrogens with zero attached hydrogens (tertiary/aromatic N) is 2. The summed E-state index contributed by atoms with van der Waals surface area (Å²) in [5.41, 5.74) is 6.62. The normalized spacial score (nSPS) is 12.6. The van der Waals surface area contributed by atoms with Gasteiger partial charge < -0.3 is 10.2 Å². The minimum atomic E-state index is 0.387. The van der Waals surface area contributed by atoms with E-state index >= 15 is 0 Å². The van der Waals surface area contributed by atoms with E-state index in [0.29, 0.717) is 5.84 Å². The summed E-state index contributed by atoms with van der Waals surface area (Å²) in [6.45, 7) is 0. The molecule has 0 saturated heterocycles. The molecule has 2 rings (SSSR count). The molecule has 4 nitrogen and oxygen atoms in total. The van der Waals surface area contributed by atoms with Gasteiger partial charge in [0.05, 0.1) is 6.26 Å². The number of benzene rings is 1. The van der Waals surface area contributed by atoms with Crippen molar-refractivity contribution in [3.63, 3.8) is 0 Å². The Morgan fingerprint density at radius 2 is 1.94 bits per heavy atom. The lowest BCUT2D eigenvalue weighted by atomic mass is 10.2. The standard InChI is InChI=1S/C14H13N3O/c15-14(12-6-2-1-3-7-12)17-16-10-4-8-13-9-5-11-18-13/h1-11H,(H2,15,17). The molecule has 0 bridgehead atoms. The molecule has 0 unspecified atom stereocenters. The Morgan fingerprint density at radius 1 is 1.11 bits per heavy atom. The molecular weight excluding hydrogens is 226 g/mol. The average molecular weight is 239 g/mol. The Balaban J connectivity index is 1.94. The number of nitrogens with two attached hydrogens (primary N) is 1. The van der Waals surface area contributed by atoms with Crippen LogP contribution in [0.1, 0.15) is 11.3 Å². The predicted molar refractivity (Wildman–Crippen MR) is 73.4 cm³/mol. The molecule has 1 heterocycles. The first kappa shape index (κ1) is 11.9. The zero-order valence-corrected chi connectivity index (χ0v) is 9.73. The number of hydrogen-bond donors (Lipinski definition) is 1. The lowest BCUT2D eigenvalue weighted by molar-refractivity contribution is 0.557. The monoisotopic (exact) mass is 239 g/mol. The van der Waals surface area contributed by atoms with Gasteiger partial charge >= 0.3 is 0 Å². The molecule has 0 amide bonds. The largest absolute Gasteiger partial charge is 0.465 e. The van der Waals surface area contributed by atoms with Gasteiger partial charge in [-0.1, -0.05) is 30.3 Å². The third-order valence-corrected chi connectivity index (χ3v) is 2.19. The Hall–Kier alpha value is -2.62. The summed E-state index contributed by atoms with van der Waals surface area (Å²) < 4.78 is 5.12. The van der Waals surface area contributed by atoms with Crippen LogP contribution >= 0.6 is 0 Å². The van der Waals surface area contributed by atoms with Gasteiger partial charge in [0.1, 0.15) is 5.76 Å². The van der Waals surface area contributed by atoms with Crippen LogP contribution in [0, 0.1) is 0 Å². The van der Waals surface area contributed by atoms with Gasteiger partial charge in [-0.25, -0.2) is 0 Å². The summed E-state index contributed by atoms with van der Waals surface area (Å²) in [5, 5.41) is 7.75. The van der Waals surface area contributed by atoms with E-state index in [1.54, 1.807) is 24.6 Å². The van der Waals surface area contributed by atoms with E-state index in [4.69, 9.17) is 10.2 Å². The van der Waals surface area contributed by atoms with Crippen molar-refractivity contribution in [2.45, 2.75) is 0 Å². The molecule has 18 heavy (non-hydrogen) atoms. The fourth-order valence-corrected chi connectivity index (χ4v) is 1.32. The van der Waals surface area contributed by atoms with Crippen LogP contribution in [-0.2, 0) is 0 Å². The highest BCUT2D eigenvalue weighted by Crippen LogP contribution is 2.01. The molecule has 4 heteroatoms. The molecule has 0 atom stereocenters. The van der Waals surface area contributed by atoms with Crippen molar-refractivity contribution in [1.29, 1.82) is 0 Å². The maximum Gasteiger partial charge on any atom is 0.153 e. The molecule has 0 spiro atoms. The van der Waals surface area contributed by atoms with E-state index in [2.05, 4.69) is 10.2 Å². The fraction of sp³-hybridized carbons (Fsp3) is 0. The molecule has 1 aromatic heterocycles. The average Bonchev–Trinajstić information content (AvgIpc) is 2.92. The van der Waals surface area contributed by atoms with Crippen LogP contribution < -0.4 is 5.73 Å². The molecule has 2 N–H and O–H groups in total. The maximum atomic E-state index is 5.77. The van der Waals surface area contributed by atoms with Crippen LogP contribution in [0.3, 0.4) is 0 Å². The smallest absolute Gasteiger partial charge is 0.153 e. The van der Waals surface area contributed by atoms with Gasteiger partial charge in [0.15, 0.2) is 5.84 Å². The second-order valence-corrected chi connectivity index (χ2v) is 3.49. The summed E-state index contributed by atoms with van der Waals surface area (Å²) >= 11 is 0. The zero-order valence-electron chi connectivity index (χ0n) is 9.73. The van der Waals surface area contributed by atoms with Crippen molar-refractivity contribution in [1.82, 2.24) is 0 Å². The van der Waals surface area contributed by atoms with E-state index < -0.39 is 0 Å². The van der Waals surface area contributed by atoms with Gasteiger partial charge in [0, 0.05) is 11.8 Å². The number of amidine groups is 1. The summed E-state index contributed by atoms with van der Waals surface area (Å²) in [6.07, 6.45) is 6.69. The topological polar surface area (TPSA) is 63.9 Å². The van der Waals surface area contributed by atoms with Crippen molar-refractivity contribution in [3.8, 4) is 0 Å². The summed E-state index contributed by atoms with van der Waals surface area (Å²) in [7, 11) is 0. The summed E-state index contributed by atoms with van der Waals surface area (Å²) in [5.74, 6) is 1.15. The zero-order chi connectivity index (χ0) is 12.6. The van der Waals surface area contributed by atoms with Crippen molar-refractivity contribution in [3.05, 3.63) is 66.1 Å². The lowest BCUT2D eigenvalue weighted by Gasteiger charge is -1.95. The van der Waals surface area contributed by atoms with Crippen LogP contribution in [0.5, 0.6) is 0 Å². The molecule has 0 aliphatic rings. The summed E-state index contributed by atoms with van der Waals surface area (Å²) in [6, 6.07) is 13.2. The Kier molecular flexibility index (Phi) is 4.08. The lowest BCUT2D eigenvalue weighted by Crippen LogP contribution is -2.12. The molecule has 0 aliphatic heterocycles. The van der Waals surface area contributed by atoms with E-state index in [9.17, 15) is 0 Å². The number of allylic oxidation sites excluding steroid dienone is 1. The van der Waals surface area contributed by atoms with Crippen LogP contribution in [0.4, 0.5) is 0 Å². The number of rotatable bonds is 4. The summed E-state index contributed by atoms with van der Waals surface area (Å²) in [4.78, 5) is 0. The Bertz CT molecular complexity index is 554. The van der Waals surface area contributed by atoms with Crippen LogP contribution in [-0.4, -0.2) is 12.1 Å². The number of hydrogen-bond acceptors (Lipinski definition) is 3. The highest BCUT2D eigenvalue weighted by atomic mass is 16.3. The predicted octanol–water partition coefficient (Wildman–Crippen LogP) is 2.68. The van der Waals surface area contributed by atoms with E-state index in [1.807, 2.05) is 42.5 Å². The third kappa shape index (κ3) is 3.45. The molecular formula is C14H13N3O. The Labute approximate surface area is 105 Å². The molecule has 1 aromatic carbocycles. The van der Waals surface area contributed by atoms with Gasteiger partial charge in [-0.3, -0.25) is 0 Å². The first-order valence-corrected chi connectivity index (χ1v) is 5.48. The highest BCUT2D eigenvalue weighted by molar-refractivity contribution is 5.97. The molecule has 0 fully saturated rings. The van der Waals surface area contributed by atoms with Gasteiger partial charge in [-0.2, -0.15) is 5.10 Å². The minimum absolute atomic E-state index is 0.387. The van der Waals surface area contributed by atoms with Gasteiger partial charge in [-0.05, 0) is 24.3 Å². The van der Waals surface area contributed by atoms with Crippen LogP contribution in [0.2, 0.25) is 0 Å². The van der Waals surface area contributed by atoms with Crippen molar-refractivity contribution in [2.24, 2.45) is 15.9 Å². The maximum absolute atomic E-state index is 5.77. The van der Waals surface area contributed by atoms with Crippen LogP contribution in [0.25, 0.3) is 6.08 Å². The second kappa shape index (κ2) is 6.20. The van der Waals surface area contributed by atoms with Crippen molar-refractivity contribution in [2.75, 3.05) is 0 Å². The van der Waals surface area contributed by atoms with E-state index in [0.717, 1.165) is 11.3 Å². The quantitative estimate of drug-likeness (QED) is 0.506. The van der Waals surface area contributed by atoms with Gasteiger partial charge in [0.2, 0.25) is 0 Å². The first-order valence-electron chi connectivity index (χ1n) is 5.48. The molecule has 90 valence electrons. The van der Waals surface area contributed by atoms with E-state index in [1.165, 1.54) is 0 Å². The SMILES string of the molecule is NC(=NN=CC=Cc1ccco1)c1ccccc1. The first-order chi connectivity index (χ1) is 8.86. The fourth-order valence-electron chi connectivity index (χ4n) is 1.32. The molecule has 2 aromatic rings. The van der Waals surface area contributed by atoms with E-state index in [-0.39, 0.29) is 0 Å². The molecule has 0 radical (unpaired) electrons. The molecule has 0 aliphatic carbocycles. The van der Waals surface area contributed by atoms with Gasteiger partial charge in [-0.15, -0.1) is 5.10 Å². The highest BCUT2D eigenvalue weighted by Gasteiger charge is 1.93. The van der Waals surface area contributed by atoms with Crippen molar-refractivity contribution < 1.29 is 4.42 Å². The second-order valence-electron chi connectivity index (χ2n) is 3.49. The third-order valence-electron chi connectivity index (χ3n) is 2.19. The van der Waals surface area contributed by atoms with Gasteiger partial charge in [0.25, 0.3) is 0 Å². The van der Waals surface area contributed by atoms with Crippen LogP contribution in [0.15, 0.2) is 69.4 Å². The Morgan fingerprint density at radius 3 is 2.67 bits per heavy atom. The molecule has 0 saturated carbocycles. The van der Waals surface area contributed by atoms with Crippen molar-refractivity contribution >= 4 is 18.1 Å². The number of furan rings is 1. The minimum Gasteiger partial charge on any atom is -0.465 e.